The van der Waals surface area contributed by atoms with Crippen LogP contribution in [-0.2, 0) is 21.4 Å². The maximum Gasteiger partial charge on any atom is 0.240 e. The number of amides is 1. The molecule has 29 heavy (non-hydrogen) atoms. The topological polar surface area (TPSA) is 97.0 Å². The minimum Gasteiger partial charge on any atom is -0.493 e. The number of carbonyl (C=O) groups is 1. The van der Waals surface area contributed by atoms with Crippen LogP contribution < -0.4 is 24.4 Å². The predicted molar refractivity (Wildman–Crippen MR) is 112 cm³/mol. The second kappa shape index (κ2) is 10.1. The standard InChI is InChI=1S/C20H27N3O5S/c1-23(2)16-7-5-6-15(12-16)14-21-20(24)10-11-22-29(25,26)17-8-9-18(27-3)19(13-17)28-4/h5-9,12-13,22H,10-11,14H2,1-4H3,(H,21,24). The summed E-state index contributed by atoms with van der Waals surface area (Å²) >= 11 is 0. The molecule has 0 bridgehead atoms. The lowest BCUT2D eigenvalue weighted by Crippen LogP contribution is -2.30. The predicted octanol–water partition coefficient (Wildman–Crippen LogP) is 1.75. The Balaban J connectivity index is 1.87. The summed E-state index contributed by atoms with van der Waals surface area (Å²) in [4.78, 5) is 14.1. The van der Waals surface area contributed by atoms with Crippen molar-refractivity contribution in [1.29, 1.82) is 0 Å². The Bertz CT molecular complexity index is 945. The minimum absolute atomic E-state index is 0.0136. The number of hydrogen-bond donors (Lipinski definition) is 2. The van der Waals surface area contributed by atoms with Crippen molar-refractivity contribution in [3.8, 4) is 11.5 Å². The van der Waals surface area contributed by atoms with Crippen molar-refractivity contribution in [2.24, 2.45) is 0 Å². The third kappa shape index (κ3) is 6.37. The van der Waals surface area contributed by atoms with Gasteiger partial charge in [-0.1, -0.05) is 12.1 Å². The smallest absolute Gasteiger partial charge is 0.240 e. The van der Waals surface area contributed by atoms with Gasteiger partial charge in [0.1, 0.15) is 0 Å². The molecule has 0 atom stereocenters. The normalized spacial score (nSPS) is 11.0. The van der Waals surface area contributed by atoms with E-state index >= 15 is 0 Å². The summed E-state index contributed by atoms with van der Waals surface area (Å²) in [7, 11) is 3.03. The summed E-state index contributed by atoms with van der Waals surface area (Å²) in [6.45, 7) is 0.364. The molecule has 0 fully saturated rings. The van der Waals surface area contributed by atoms with Crippen LogP contribution in [0.4, 0.5) is 5.69 Å². The lowest BCUT2D eigenvalue weighted by molar-refractivity contribution is -0.121. The van der Waals surface area contributed by atoms with Gasteiger partial charge in [0.15, 0.2) is 11.5 Å². The number of anilines is 1. The molecule has 0 radical (unpaired) electrons. The number of methoxy groups -OCH3 is 2. The zero-order chi connectivity index (χ0) is 21.4. The molecular formula is C20H27N3O5S. The average molecular weight is 422 g/mol. The molecule has 2 rings (SSSR count). The van der Waals surface area contributed by atoms with Crippen molar-refractivity contribution >= 4 is 21.6 Å². The van der Waals surface area contributed by atoms with Crippen LogP contribution in [-0.4, -0.2) is 49.2 Å². The fourth-order valence-electron chi connectivity index (χ4n) is 2.60. The molecule has 0 saturated heterocycles. The summed E-state index contributed by atoms with van der Waals surface area (Å²) in [6, 6.07) is 12.1. The summed E-state index contributed by atoms with van der Waals surface area (Å²) in [5.41, 5.74) is 2.01. The number of nitrogens with zero attached hydrogens (tertiary/aromatic N) is 1. The van der Waals surface area contributed by atoms with Crippen LogP contribution in [0.1, 0.15) is 12.0 Å². The summed E-state index contributed by atoms with van der Waals surface area (Å²) in [5.74, 6) is 0.507. The number of rotatable bonds is 10. The molecule has 0 heterocycles. The van der Waals surface area contributed by atoms with Crippen molar-refractivity contribution in [2.75, 3.05) is 39.8 Å². The number of sulfonamides is 1. The molecule has 2 aromatic carbocycles. The van der Waals surface area contributed by atoms with Gasteiger partial charge in [-0.25, -0.2) is 13.1 Å². The van der Waals surface area contributed by atoms with Gasteiger partial charge in [-0.2, -0.15) is 0 Å². The van der Waals surface area contributed by atoms with E-state index in [9.17, 15) is 13.2 Å². The fourth-order valence-corrected chi connectivity index (χ4v) is 3.65. The Hall–Kier alpha value is -2.78. The molecule has 0 aromatic heterocycles. The molecule has 8 nitrogen and oxygen atoms in total. The Morgan fingerprint density at radius 3 is 2.41 bits per heavy atom. The van der Waals surface area contributed by atoms with Crippen LogP contribution in [0.3, 0.4) is 0 Å². The SMILES string of the molecule is COc1ccc(S(=O)(=O)NCCC(=O)NCc2cccc(N(C)C)c2)cc1OC. The zero-order valence-corrected chi connectivity index (χ0v) is 17.9. The van der Waals surface area contributed by atoms with Gasteiger partial charge < -0.3 is 19.7 Å². The highest BCUT2D eigenvalue weighted by Gasteiger charge is 2.17. The van der Waals surface area contributed by atoms with E-state index in [0.717, 1.165) is 11.3 Å². The molecule has 0 aliphatic heterocycles. The third-order valence-electron chi connectivity index (χ3n) is 4.23. The van der Waals surface area contributed by atoms with Gasteiger partial charge in [0.05, 0.1) is 19.1 Å². The van der Waals surface area contributed by atoms with Crippen LogP contribution in [0.2, 0.25) is 0 Å². The van der Waals surface area contributed by atoms with E-state index in [1.54, 1.807) is 0 Å². The summed E-state index contributed by atoms with van der Waals surface area (Å²) in [6.07, 6.45) is 0.0277. The lowest BCUT2D eigenvalue weighted by atomic mass is 10.2. The summed E-state index contributed by atoms with van der Waals surface area (Å²) < 4.78 is 37.5. The van der Waals surface area contributed by atoms with E-state index in [-0.39, 0.29) is 23.8 Å². The van der Waals surface area contributed by atoms with Crippen molar-refractivity contribution < 1.29 is 22.7 Å². The van der Waals surface area contributed by atoms with Crippen LogP contribution in [0.15, 0.2) is 47.4 Å². The molecule has 158 valence electrons. The molecule has 0 saturated carbocycles. The first-order chi connectivity index (χ1) is 13.8. The molecule has 9 heteroatoms. The first-order valence-electron chi connectivity index (χ1n) is 9.01. The van der Waals surface area contributed by atoms with Crippen LogP contribution in [0.25, 0.3) is 0 Å². The van der Waals surface area contributed by atoms with Crippen LogP contribution in [0, 0.1) is 0 Å². The van der Waals surface area contributed by atoms with E-state index in [1.165, 1.54) is 32.4 Å². The lowest BCUT2D eigenvalue weighted by Gasteiger charge is -2.14. The van der Waals surface area contributed by atoms with Crippen LogP contribution >= 0.6 is 0 Å². The molecule has 2 N–H and O–H groups in total. The van der Waals surface area contributed by atoms with Gasteiger partial charge in [0.25, 0.3) is 0 Å². The quantitative estimate of drug-likeness (QED) is 0.607. The monoisotopic (exact) mass is 421 g/mol. The average Bonchev–Trinajstić information content (AvgIpc) is 2.71. The van der Waals surface area contributed by atoms with E-state index < -0.39 is 10.0 Å². The number of carbonyl (C=O) groups excluding carboxylic acids is 1. The van der Waals surface area contributed by atoms with Crippen molar-refractivity contribution in [1.82, 2.24) is 10.0 Å². The Kier molecular flexibility index (Phi) is 7.86. The second-order valence-electron chi connectivity index (χ2n) is 6.51. The van der Waals surface area contributed by atoms with E-state index in [1.807, 2.05) is 43.3 Å². The van der Waals surface area contributed by atoms with E-state index in [4.69, 9.17) is 9.47 Å². The molecule has 0 spiro atoms. The highest BCUT2D eigenvalue weighted by Crippen LogP contribution is 2.29. The van der Waals surface area contributed by atoms with E-state index in [2.05, 4.69) is 10.0 Å². The van der Waals surface area contributed by atoms with Gasteiger partial charge in [0, 0.05) is 45.4 Å². The van der Waals surface area contributed by atoms with Gasteiger partial charge in [0.2, 0.25) is 15.9 Å². The maximum absolute atomic E-state index is 12.4. The second-order valence-corrected chi connectivity index (χ2v) is 8.27. The first kappa shape index (κ1) is 22.5. The Morgan fingerprint density at radius 2 is 1.76 bits per heavy atom. The van der Waals surface area contributed by atoms with Crippen molar-refractivity contribution in [3.05, 3.63) is 48.0 Å². The highest BCUT2D eigenvalue weighted by molar-refractivity contribution is 7.89. The number of hydrogen-bond acceptors (Lipinski definition) is 6. The first-order valence-corrected chi connectivity index (χ1v) is 10.5. The Labute approximate surface area is 171 Å². The number of nitrogens with one attached hydrogen (secondary N) is 2. The van der Waals surface area contributed by atoms with Gasteiger partial charge in [-0.05, 0) is 29.8 Å². The molecule has 2 aromatic rings. The van der Waals surface area contributed by atoms with E-state index in [0.29, 0.717) is 18.0 Å². The Morgan fingerprint density at radius 1 is 1.03 bits per heavy atom. The van der Waals surface area contributed by atoms with Crippen LogP contribution in [0.5, 0.6) is 11.5 Å². The van der Waals surface area contributed by atoms with Gasteiger partial charge in [-0.3, -0.25) is 4.79 Å². The molecular weight excluding hydrogens is 394 g/mol. The largest absolute Gasteiger partial charge is 0.493 e. The van der Waals surface area contributed by atoms with Crippen molar-refractivity contribution in [3.63, 3.8) is 0 Å². The van der Waals surface area contributed by atoms with Crippen molar-refractivity contribution in [2.45, 2.75) is 17.9 Å². The minimum atomic E-state index is -3.77. The molecule has 0 unspecified atom stereocenters. The third-order valence-corrected chi connectivity index (χ3v) is 5.68. The molecule has 0 aliphatic rings. The van der Waals surface area contributed by atoms with Gasteiger partial charge in [-0.15, -0.1) is 0 Å². The fraction of sp³-hybridized carbons (Fsp3) is 0.350. The molecule has 1 amide bonds. The molecule has 0 aliphatic carbocycles. The van der Waals surface area contributed by atoms with Gasteiger partial charge >= 0.3 is 0 Å². The maximum atomic E-state index is 12.4. The highest BCUT2D eigenvalue weighted by atomic mass is 32.2. The number of ether oxygens (including phenoxy) is 2. The number of benzene rings is 2. The zero-order valence-electron chi connectivity index (χ0n) is 17.1. The summed E-state index contributed by atoms with van der Waals surface area (Å²) in [5, 5.41) is 2.80.